The Morgan fingerprint density at radius 1 is 1.16 bits per heavy atom. The zero-order valence-corrected chi connectivity index (χ0v) is 18.0. The first-order chi connectivity index (χ1) is 14.6. The van der Waals surface area contributed by atoms with Crippen molar-refractivity contribution in [1.29, 1.82) is 0 Å². The van der Waals surface area contributed by atoms with E-state index in [1.165, 1.54) is 13.8 Å². The van der Waals surface area contributed by atoms with Gasteiger partial charge in [0.25, 0.3) is 0 Å². The molecule has 3 atom stereocenters. The summed E-state index contributed by atoms with van der Waals surface area (Å²) in [7, 11) is 0. The van der Waals surface area contributed by atoms with E-state index in [1.54, 1.807) is 6.07 Å². The van der Waals surface area contributed by atoms with Crippen LogP contribution in [0.3, 0.4) is 0 Å². The minimum Gasteiger partial charge on any atom is -0.511 e. The van der Waals surface area contributed by atoms with Gasteiger partial charge in [0.05, 0.1) is 23.5 Å². The maximum absolute atomic E-state index is 13.5. The molecule has 1 aromatic rings. The number of rotatable bonds is 7. The number of aryl methyl sites for hydroxylation is 1. The van der Waals surface area contributed by atoms with Crippen LogP contribution in [0.15, 0.2) is 17.4 Å². The van der Waals surface area contributed by atoms with Crippen molar-refractivity contribution in [3.8, 4) is 5.75 Å². The standard InChI is InChI=1S/C24H28O7/c1-4-13-9-16(12(3)27)22(29)21-17(13)10-15-8-14(5-6-25)19(18(28)7-11(2)26)23(30)20(15)24(21)31/h9,14-15,19,25,29-30H,4-8,10H2,1-3H3. The number of hydrogen-bond donors (Lipinski definition) is 3. The number of hydrogen-bond acceptors (Lipinski definition) is 7. The molecule has 0 heterocycles. The third-order valence-electron chi connectivity index (χ3n) is 6.49. The molecule has 0 bridgehead atoms. The van der Waals surface area contributed by atoms with Gasteiger partial charge in [-0.25, -0.2) is 0 Å². The van der Waals surface area contributed by atoms with Crippen LogP contribution in [-0.4, -0.2) is 45.1 Å². The Bertz CT molecular complexity index is 1000. The van der Waals surface area contributed by atoms with E-state index in [2.05, 4.69) is 0 Å². The number of fused-ring (bicyclic) bond motifs is 2. The van der Waals surface area contributed by atoms with Gasteiger partial charge in [-0.05, 0) is 68.6 Å². The molecule has 0 radical (unpaired) electrons. The summed E-state index contributed by atoms with van der Waals surface area (Å²) in [5, 5.41) is 31.2. The molecule has 3 N–H and O–H groups in total. The molecule has 1 aromatic carbocycles. The zero-order chi connectivity index (χ0) is 23.0. The highest BCUT2D eigenvalue weighted by atomic mass is 16.3. The number of phenolic OH excluding ortho intramolecular Hbond substituents is 1. The number of phenols is 1. The number of aliphatic hydroxyl groups excluding tert-OH is 2. The molecule has 7 nitrogen and oxygen atoms in total. The van der Waals surface area contributed by atoms with Crippen LogP contribution in [0.4, 0.5) is 0 Å². The predicted molar refractivity (Wildman–Crippen MR) is 112 cm³/mol. The second-order valence-corrected chi connectivity index (χ2v) is 8.56. The average Bonchev–Trinajstić information content (AvgIpc) is 2.67. The molecule has 31 heavy (non-hydrogen) atoms. The molecule has 0 aromatic heterocycles. The summed E-state index contributed by atoms with van der Waals surface area (Å²) >= 11 is 0. The van der Waals surface area contributed by atoms with Crippen LogP contribution in [0.2, 0.25) is 0 Å². The van der Waals surface area contributed by atoms with Crippen LogP contribution in [0.1, 0.15) is 71.9 Å². The second kappa shape index (κ2) is 8.75. The van der Waals surface area contributed by atoms with Gasteiger partial charge in [0.1, 0.15) is 17.3 Å². The maximum Gasteiger partial charge on any atom is 0.196 e. The van der Waals surface area contributed by atoms with E-state index < -0.39 is 29.2 Å². The van der Waals surface area contributed by atoms with Crippen LogP contribution in [-0.2, 0) is 22.4 Å². The summed E-state index contributed by atoms with van der Waals surface area (Å²) in [6, 6.07) is 1.62. The molecule has 3 rings (SSSR count). The lowest BCUT2D eigenvalue weighted by Crippen LogP contribution is -2.39. The average molecular weight is 428 g/mol. The van der Waals surface area contributed by atoms with E-state index in [1.807, 2.05) is 6.92 Å². The van der Waals surface area contributed by atoms with Crippen molar-refractivity contribution in [1.82, 2.24) is 0 Å². The van der Waals surface area contributed by atoms with E-state index in [4.69, 9.17) is 0 Å². The molecular formula is C24H28O7. The number of aliphatic hydroxyl groups is 2. The van der Waals surface area contributed by atoms with Crippen molar-refractivity contribution in [2.45, 2.75) is 52.9 Å². The fourth-order valence-corrected chi connectivity index (χ4v) is 5.14. The minimum atomic E-state index is -1.04. The van der Waals surface area contributed by atoms with Gasteiger partial charge >= 0.3 is 0 Å². The lowest BCUT2D eigenvalue weighted by atomic mass is 9.64. The highest BCUT2D eigenvalue weighted by Gasteiger charge is 2.46. The fourth-order valence-electron chi connectivity index (χ4n) is 5.14. The van der Waals surface area contributed by atoms with E-state index in [-0.39, 0.29) is 59.4 Å². The molecule has 0 aliphatic heterocycles. The summed E-state index contributed by atoms with van der Waals surface area (Å²) in [4.78, 5) is 49.7. The Morgan fingerprint density at radius 2 is 1.84 bits per heavy atom. The van der Waals surface area contributed by atoms with E-state index in [0.717, 1.165) is 5.56 Å². The van der Waals surface area contributed by atoms with Crippen molar-refractivity contribution in [3.05, 3.63) is 39.7 Å². The van der Waals surface area contributed by atoms with Crippen LogP contribution in [0.5, 0.6) is 5.75 Å². The van der Waals surface area contributed by atoms with Crippen LogP contribution < -0.4 is 0 Å². The smallest absolute Gasteiger partial charge is 0.196 e. The molecule has 0 spiro atoms. The molecule has 0 saturated heterocycles. The summed E-state index contributed by atoms with van der Waals surface area (Å²) < 4.78 is 0. The fraction of sp³-hybridized carbons (Fsp3) is 0.500. The number of benzene rings is 1. The van der Waals surface area contributed by atoms with Gasteiger partial charge in [-0.1, -0.05) is 6.92 Å². The molecule has 166 valence electrons. The summed E-state index contributed by atoms with van der Waals surface area (Å²) in [5.41, 5.74) is 1.59. The highest BCUT2D eigenvalue weighted by molar-refractivity contribution is 6.16. The van der Waals surface area contributed by atoms with Gasteiger partial charge in [-0.3, -0.25) is 19.2 Å². The second-order valence-electron chi connectivity index (χ2n) is 8.56. The van der Waals surface area contributed by atoms with Gasteiger partial charge < -0.3 is 15.3 Å². The third kappa shape index (κ3) is 3.94. The van der Waals surface area contributed by atoms with Crippen molar-refractivity contribution in [3.63, 3.8) is 0 Å². The highest BCUT2D eigenvalue weighted by Crippen LogP contribution is 2.48. The van der Waals surface area contributed by atoms with Crippen molar-refractivity contribution >= 4 is 23.1 Å². The molecule has 0 saturated carbocycles. The SMILES string of the molecule is CCc1cc(C(C)=O)c(O)c2c1CC1CC(CCO)C(C(=O)CC(C)=O)C(O)=C1C2=O. The lowest BCUT2D eigenvalue weighted by molar-refractivity contribution is -0.129. The van der Waals surface area contributed by atoms with Gasteiger partial charge in [0.15, 0.2) is 17.3 Å². The monoisotopic (exact) mass is 428 g/mol. The molecule has 0 fully saturated rings. The van der Waals surface area contributed by atoms with E-state index in [0.29, 0.717) is 24.8 Å². The summed E-state index contributed by atoms with van der Waals surface area (Å²) in [6.07, 6.45) is 1.24. The minimum absolute atomic E-state index is 0.0146. The number of carbonyl (C=O) groups is 4. The lowest BCUT2D eigenvalue weighted by Gasteiger charge is -2.39. The topological polar surface area (TPSA) is 129 Å². The maximum atomic E-state index is 13.5. The third-order valence-corrected chi connectivity index (χ3v) is 6.49. The Labute approximate surface area is 180 Å². The number of Topliss-reactive ketones (excluding diaryl/α,β-unsaturated/α-hetero) is 4. The van der Waals surface area contributed by atoms with Crippen LogP contribution in [0.25, 0.3) is 0 Å². The number of ketones is 4. The largest absolute Gasteiger partial charge is 0.511 e. The van der Waals surface area contributed by atoms with Crippen molar-refractivity contribution < 1.29 is 34.5 Å². The van der Waals surface area contributed by atoms with Crippen molar-refractivity contribution in [2.24, 2.45) is 17.8 Å². The summed E-state index contributed by atoms with van der Waals surface area (Å²) in [5.74, 6) is -4.35. The molecule has 2 aliphatic carbocycles. The van der Waals surface area contributed by atoms with Crippen LogP contribution in [0, 0.1) is 17.8 Å². The molecule has 7 heteroatoms. The summed E-state index contributed by atoms with van der Waals surface area (Å²) in [6.45, 7) is 4.31. The quantitative estimate of drug-likeness (QED) is 0.450. The van der Waals surface area contributed by atoms with Gasteiger partial charge in [0.2, 0.25) is 0 Å². The number of aromatic hydroxyl groups is 1. The molecule has 2 aliphatic rings. The van der Waals surface area contributed by atoms with Gasteiger partial charge in [-0.2, -0.15) is 0 Å². The first-order valence-corrected chi connectivity index (χ1v) is 10.6. The zero-order valence-electron chi connectivity index (χ0n) is 18.0. The Balaban J connectivity index is 2.19. The predicted octanol–water partition coefficient (Wildman–Crippen LogP) is 2.89. The van der Waals surface area contributed by atoms with Gasteiger partial charge in [0, 0.05) is 12.2 Å². The van der Waals surface area contributed by atoms with E-state index in [9.17, 15) is 34.5 Å². The number of allylic oxidation sites excluding steroid dienone is 2. The van der Waals surface area contributed by atoms with Crippen molar-refractivity contribution in [2.75, 3.05) is 6.61 Å². The molecular weight excluding hydrogens is 400 g/mol. The molecule has 3 unspecified atom stereocenters. The molecule has 0 amide bonds. The van der Waals surface area contributed by atoms with Crippen LogP contribution >= 0.6 is 0 Å². The van der Waals surface area contributed by atoms with E-state index >= 15 is 0 Å². The Hall–Kier alpha value is -2.80. The normalized spacial score (nSPS) is 22.7. The number of carbonyl (C=O) groups excluding carboxylic acids is 4. The Morgan fingerprint density at radius 3 is 2.39 bits per heavy atom. The first kappa shape index (κ1) is 22.9. The first-order valence-electron chi connectivity index (χ1n) is 10.6. The Kier molecular flexibility index (Phi) is 6.46. The van der Waals surface area contributed by atoms with Gasteiger partial charge in [-0.15, -0.1) is 0 Å².